The molecule has 0 aliphatic carbocycles. The van der Waals surface area contributed by atoms with E-state index in [9.17, 15) is 4.79 Å². The second-order valence-electron chi connectivity index (χ2n) is 4.95. The Kier molecular flexibility index (Phi) is 3.48. The Bertz CT molecular complexity index is 701. The monoisotopic (exact) mass is 280 g/mol. The largest absolute Gasteiger partial charge is 0.466 e. The number of carbonyl (C=O) groups is 1. The summed E-state index contributed by atoms with van der Waals surface area (Å²) in [7, 11) is 1.39. The molecule has 0 aromatic heterocycles. The van der Waals surface area contributed by atoms with Crippen molar-refractivity contribution < 1.29 is 14.3 Å². The number of esters is 1. The number of methoxy groups -OCH3 is 1. The molecule has 0 saturated carbocycles. The van der Waals surface area contributed by atoms with Gasteiger partial charge in [0.15, 0.2) is 0 Å². The van der Waals surface area contributed by atoms with Crippen molar-refractivity contribution in [2.24, 2.45) is 0 Å². The molecule has 0 N–H and O–H groups in total. The number of rotatable bonds is 2. The van der Waals surface area contributed by atoms with Gasteiger partial charge < -0.3 is 9.47 Å². The van der Waals surface area contributed by atoms with Crippen molar-refractivity contribution >= 4 is 5.97 Å². The smallest absolute Gasteiger partial charge is 0.338 e. The van der Waals surface area contributed by atoms with Gasteiger partial charge in [-0.1, -0.05) is 48.5 Å². The van der Waals surface area contributed by atoms with Gasteiger partial charge in [-0.2, -0.15) is 0 Å². The van der Waals surface area contributed by atoms with Crippen LogP contribution in [0, 0.1) is 0 Å². The Morgan fingerprint density at radius 3 is 2.43 bits per heavy atom. The number of fused-ring (bicyclic) bond motifs is 1. The predicted octanol–water partition coefficient (Wildman–Crippen LogP) is 3.66. The Labute approximate surface area is 123 Å². The summed E-state index contributed by atoms with van der Waals surface area (Å²) in [4.78, 5) is 12.2. The maximum absolute atomic E-state index is 12.2. The number of ether oxygens (including phenoxy) is 2. The molecule has 21 heavy (non-hydrogen) atoms. The summed E-state index contributed by atoms with van der Waals surface area (Å²) < 4.78 is 10.7. The quantitative estimate of drug-likeness (QED) is 0.788. The minimum absolute atomic E-state index is 0.163. The zero-order valence-electron chi connectivity index (χ0n) is 12.0. The number of hydrogen-bond acceptors (Lipinski definition) is 3. The molecule has 3 rings (SSSR count). The molecule has 1 aliphatic rings. The average Bonchev–Trinajstić information content (AvgIpc) is 2.53. The Morgan fingerprint density at radius 2 is 1.71 bits per heavy atom. The highest BCUT2D eigenvalue weighted by atomic mass is 16.5. The van der Waals surface area contributed by atoms with Gasteiger partial charge in [-0.05, 0) is 18.6 Å². The third-order valence-corrected chi connectivity index (χ3v) is 3.70. The molecule has 0 spiro atoms. The van der Waals surface area contributed by atoms with E-state index in [2.05, 4.69) is 0 Å². The third kappa shape index (κ3) is 2.31. The fourth-order valence-electron chi connectivity index (χ4n) is 2.75. The Morgan fingerprint density at radius 1 is 1.05 bits per heavy atom. The van der Waals surface area contributed by atoms with E-state index in [1.165, 1.54) is 7.11 Å². The van der Waals surface area contributed by atoms with Crippen molar-refractivity contribution in [3.8, 4) is 5.75 Å². The molecule has 0 saturated heterocycles. The van der Waals surface area contributed by atoms with Crippen LogP contribution in [0.3, 0.4) is 0 Å². The van der Waals surface area contributed by atoms with Gasteiger partial charge in [-0.25, -0.2) is 4.79 Å². The van der Waals surface area contributed by atoms with Crippen LogP contribution in [0.15, 0.2) is 65.9 Å². The maximum atomic E-state index is 12.2. The Balaban J connectivity index is 2.21. The van der Waals surface area contributed by atoms with Crippen LogP contribution in [0.5, 0.6) is 5.75 Å². The third-order valence-electron chi connectivity index (χ3n) is 3.70. The van der Waals surface area contributed by atoms with Gasteiger partial charge >= 0.3 is 5.97 Å². The molecular formula is C18H16O3. The normalized spacial score (nSPS) is 17.0. The van der Waals surface area contributed by atoms with Crippen molar-refractivity contribution in [3.05, 3.63) is 77.1 Å². The zero-order chi connectivity index (χ0) is 14.8. The van der Waals surface area contributed by atoms with Gasteiger partial charge in [0.05, 0.1) is 12.7 Å². The van der Waals surface area contributed by atoms with Gasteiger partial charge in [0.25, 0.3) is 0 Å². The standard InChI is InChI=1S/C18H16O3/c1-12-16(18(19)20-2)17(13-8-4-3-5-9-13)14-10-6-7-11-15(14)21-12/h3-11,17H,1-2H3. The summed E-state index contributed by atoms with van der Waals surface area (Å²) in [6, 6.07) is 17.7. The first-order valence-corrected chi connectivity index (χ1v) is 6.83. The Hall–Kier alpha value is -2.55. The van der Waals surface area contributed by atoms with Crippen LogP contribution >= 0.6 is 0 Å². The number of benzene rings is 2. The van der Waals surface area contributed by atoms with Crippen LogP contribution in [-0.2, 0) is 9.53 Å². The highest BCUT2D eigenvalue weighted by Gasteiger charge is 2.33. The van der Waals surface area contributed by atoms with E-state index in [0.717, 1.165) is 16.9 Å². The van der Waals surface area contributed by atoms with Crippen LogP contribution in [0.25, 0.3) is 0 Å². The van der Waals surface area contributed by atoms with Crippen molar-refractivity contribution in [3.63, 3.8) is 0 Å². The molecule has 3 nitrogen and oxygen atoms in total. The van der Waals surface area contributed by atoms with Crippen LogP contribution in [0.1, 0.15) is 24.0 Å². The van der Waals surface area contributed by atoms with E-state index in [4.69, 9.17) is 9.47 Å². The molecule has 0 radical (unpaired) electrons. The van der Waals surface area contributed by atoms with Gasteiger partial charge in [-0.3, -0.25) is 0 Å². The summed E-state index contributed by atoms with van der Waals surface area (Å²) in [5.41, 5.74) is 2.59. The van der Waals surface area contributed by atoms with E-state index in [0.29, 0.717) is 11.3 Å². The lowest BCUT2D eigenvalue weighted by molar-refractivity contribution is -0.136. The van der Waals surface area contributed by atoms with E-state index in [-0.39, 0.29) is 11.9 Å². The lowest BCUT2D eigenvalue weighted by atomic mass is 9.82. The topological polar surface area (TPSA) is 35.5 Å². The molecular weight excluding hydrogens is 264 g/mol. The molecule has 0 amide bonds. The molecule has 3 heteroatoms. The van der Waals surface area contributed by atoms with Gasteiger partial charge in [-0.15, -0.1) is 0 Å². The number of carbonyl (C=O) groups excluding carboxylic acids is 1. The highest BCUT2D eigenvalue weighted by Crippen LogP contribution is 2.43. The fourth-order valence-corrected chi connectivity index (χ4v) is 2.75. The van der Waals surface area contributed by atoms with Crippen molar-refractivity contribution in [2.45, 2.75) is 12.8 Å². The molecule has 1 aliphatic heterocycles. The second kappa shape index (κ2) is 5.44. The molecule has 1 heterocycles. The zero-order valence-corrected chi connectivity index (χ0v) is 12.0. The first-order valence-electron chi connectivity index (χ1n) is 6.83. The van der Waals surface area contributed by atoms with Crippen LogP contribution in [0.4, 0.5) is 0 Å². The molecule has 1 atom stereocenters. The van der Waals surface area contributed by atoms with Crippen molar-refractivity contribution in [1.29, 1.82) is 0 Å². The van der Waals surface area contributed by atoms with Crippen LogP contribution < -0.4 is 4.74 Å². The maximum Gasteiger partial charge on any atom is 0.338 e. The number of allylic oxidation sites excluding steroid dienone is 1. The first-order chi connectivity index (χ1) is 10.2. The van der Waals surface area contributed by atoms with Gasteiger partial charge in [0, 0.05) is 11.5 Å². The molecule has 2 aromatic carbocycles. The van der Waals surface area contributed by atoms with Crippen molar-refractivity contribution in [1.82, 2.24) is 0 Å². The van der Waals surface area contributed by atoms with E-state index in [1.807, 2.05) is 54.6 Å². The molecule has 106 valence electrons. The van der Waals surface area contributed by atoms with Crippen LogP contribution in [-0.4, -0.2) is 13.1 Å². The fraction of sp³-hybridized carbons (Fsp3) is 0.167. The lowest BCUT2D eigenvalue weighted by Gasteiger charge is -2.28. The lowest BCUT2D eigenvalue weighted by Crippen LogP contribution is -2.22. The first kappa shape index (κ1) is 13.4. The van der Waals surface area contributed by atoms with Crippen molar-refractivity contribution in [2.75, 3.05) is 7.11 Å². The van der Waals surface area contributed by atoms with E-state index >= 15 is 0 Å². The summed E-state index contributed by atoms with van der Waals surface area (Å²) in [5.74, 6) is 0.866. The van der Waals surface area contributed by atoms with E-state index in [1.54, 1.807) is 6.92 Å². The summed E-state index contributed by atoms with van der Waals surface area (Å²) in [6.07, 6.45) is 0. The van der Waals surface area contributed by atoms with Gasteiger partial charge in [0.1, 0.15) is 11.5 Å². The van der Waals surface area contributed by atoms with E-state index < -0.39 is 0 Å². The predicted molar refractivity (Wildman–Crippen MR) is 80.1 cm³/mol. The SMILES string of the molecule is COC(=O)C1=C(C)Oc2ccccc2C1c1ccccc1. The number of hydrogen-bond donors (Lipinski definition) is 0. The average molecular weight is 280 g/mol. The van der Waals surface area contributed by atoms with Crippen LogP contribution in [0.2, 0.25) is 0 Å². The summed E-state index contributed by atoms with van der Waals surface area (Å²) in [6.45, 7) is 1.80. The summed E-state index contributed by atoms with van der Waals surface area (Å²) in [5, 5.41) is 0. The highest BCUT2D eigenvalue weighted by molar-refractivity contribution is 5.92. The second-order valence-corrected chi connectivity index (χ2v) is 4.95. The summed E-state index contributed by atoms with van der Waals surface area (Å²) >= 11 is 0. The minimum Gasteiger partial charge on any atom is -0.466 e. The molecule has 0 bridgehead atoms. The molecule has 0 fully saturated rings. The number of para-hydroxylation sites is 1. The molecule has 1 unspecified atom stereocenters. The molecule has 2 aromatic rings. The van der Waals surface area contributed by atoms with Gasteiger partial charge in [0.2, 0.25) is 0 Å². The minimum atomic E-state index is -0.351.